The molecule has 0 spiro atoms. The van der Waals surface area contributed by atoms with E-state index in [1.54, 1.807) is 0 Å². The average molecular weight is 764 g/mol. The smallest absolute Gasteiger partial charge is 0.0715 e. The van der Waals surface area contributed by atoms with Crippen molar-refractivity contribution in [3.63, 3.8) is 0 Å². The highest BCUT2D eigenvalue weighted by Gasteiger charge is 2.22. The van der Waals surface area contributed by atoms with Gasteiger partial charge in [-0.05, 0) is 82.1 Å². The highest BCUT2D eigenvalue weighted by molar-refractivity contribution is 6.26. The molecule has 3 nitrogen and oxygen atoms in total. The van der Waals surface area contributed by atoms with Crippen LogP contribution in [-0.4, -0.2) is 14.1 Å². The summed E-state index contributed by atoms with van der Waals surface area (Å²) in [5, 5.41) is 7.38. The van der Waals surface area contributed by atoms with Crippen molar-refractivity contribution in [2.24, 2.45) is 0 Å². The van der Waals surface area contributed by atoms with Crippen LogP contribution < -0.4 is 0 Å². The number of fused-ring (bicyclic) bond motifs is 8. The minimum Gasteiger partial charge on any atom is -0.309 e. The summed E-state index contributed by atoms with van der Waals surface area (Å²) in [4.78, 5) is 5.23. The van der Waals surface area contributed by atoms with Crippen LogP contribution >= 0.6 is 0 Å². The summed E-state index contributed by atoms with van der Waals surface area (Å²) < 4.78 is 4.93. The Kier molecular flexibility index (Phi) is 7.85. The zero-order chi connectivity index (χ0) is 39.6. The number of para-hydroxylation sites is 3. The summed E-state index contributed by atoms with van der Waals surface area (Å²) >= 11 is 0. The fourth-order valence-corrected chi connectivity index (χ4v) is 9.32. The Labute approximate surface area is 347 Å². The van der Waals surface area contributed by atoms with Gasteiger partial charge < -0.3 is 9.13 Å². The van der Waals surface area contributed by atoms with Gasteiger partial charge in [-0.25, -0.2) is 4.98 Å². The molecule has 0 unspecified atom stereocenters. The quantitative estimate of drug-likeness (QED) is 0.165. The summed E-state index contributed by atoms with van der Waals surface area (Å²) in [7, 11) is 0. The van der Waals surface area contributed by atoms with Crippen LogP contribution in [0.1, 0.15) is 0 Å². The number of rotatable bonds is 6. The highest BCUT2D eigenvalue weighted by Crippen LogP contribution is 2.43. The molecule has 0 saturated carbocycles. The van der Waals surface area contributed by atoms with Gasteiger partial charge in [-0.2, -0.15) is 0 Å². The van der Waals surface area contributed by atoms with E-state index in [1.807, 2.05) is 0 Å². The van der Waals surface area contributed by atoms with Crippen molar-refractivity contribution in [3.8, 4) is 56.1 Å². The SMILES string of the molecule is c1ccc(-c2cc(-c3ccc(-n4c5ccccc5c5ccc6c(c7ccccc7n6-c6ccccc6-c6ccccc6)c54)cc3)cc(-c3ccc4ccccc4c3)n2)cc1. The van der Waals surface area contributed by atoms with E-state index in [4.69, 9.17) is 4.98 Å². The molecule has 0 aliphatic carbocycles. The van der Waals surface area contributed by atoms with E-state index < -0.39 is 0 Å². The number of nitrogens with zero attached hydrogens (tertiary/aromatic N) is 3. The van der Waals surface area contributed by atoms with E-state index in [1.165, 1.54) is 65.5 Å². The Morgan fingerprint density at radius 2 is 0.917 bits per heavy atom. The molecule has 0 radical (unpaired) electrons. The zero-order valence-corrected chi connectivity index (χ0v) is 32.7. The van der Waals surface area contributed by atoms with E-state index in [-0.39, 0.29) is 0 Å². The van der Waals surface area contributed by atoms with Crippen LogP contribution in [0.5, 0.6) is 0 Å². The summed E-state index contributed by atoms with van der Waals surface area (Å²) in [5.41, 5.74) is 15.8. The maximum atomic E-state index is 5.23. The van der Waals surface area contributed by atoms with Gasteiger partial charge in [0.2, 0.25) is 0 Å². The monoisotopic (exact) mass is 763 g/mol. The van der Waals surface area contributed by atoms with Crippen molar-refractivity contribution in [1.82, 2.24) is 14.1 Å². The molecule has 0 aliphatic rings. The van der Waals surface area contributed by atoms with E-state index in [2.05, 4.69) is 234 Å². The molecular formula is C57H37N3. The second-order valence-corrected chi connectivity index (χ2v) is 15.5. The van der Waals surface area contributed by atoms with Gasteiger partial charge in [-0.3, -0.25) is 0 Å². The number of pyridine rings is 1. The number of benzene rings is 9. The van der Waals surface area contributed by atoms with Gasteiger partial charge in [0.1, 0.15) is 0 Å². The summed E-state index contributed by atoms with van der Waals surface area (Å²) in [5.74, 6) is 0. The Bertz CT molecular complexity index is 3580. The van der Waals surface area contributed by atoms with Crippen LogP contribution in [0.2, 0.25) is 0 Å². The van der Waals surface area contributed by atoms with Crippen molar-refractivity contribution in [3.05, 3.63) is 224 Å². The first-order valence-corrected chi connectivity index (χ1v) is 20.5. The average Bonchev–Trinajstić information content (AvgIpc) is 3.85. The molecule has 3 aromatic heterocycles. The lowest BCUT2D eigenvalue weighted by molar-refractivity contribution is 1.17. The van der Waals surface area contributed by atoms with Gasteiger partial charge in [0, 0.05) is 43.9 Å². The zero-order valence-electron chi connectivity index (χ0n) is 32.7. The molecule has 60 heavy (non-hydrogen) atoms. The fourth-order valence-electron chi connectivity index (χ4n) is 9.32. The first-order chi connectivity index (χ1) is 29.8. The molecule has 0 bridgehead atoms. The van der Waals surface area contributed by atoms with Crippen LogP contribution in [0.3, 0.4) is 0 Å². The molecule has 0 saturated heterocycles. The van der Waals surface area contributed by atoms with Crippen LogP contribution in [-0.2, 0) is 0 Å². The first-order valence-electron chi connectivity index (χ1n) is 20.5. The topological polar surface area (TPSA) is 22.8 Å². The van der Waals surface area contributed by atoms with Gasteiger partial charge >= 0.3 is 0 Å². The number of hydrogen-bond acceptors (Lipinski definition) is 1. The molecule has 12 rings (SSSR count). The normalized spacial score (nSPS) is 11.7. The maximum absolute atomic E-state index is 5.23. The van der Waals surface area contributed by atoms with Crippen molar-refractivity contribution in [2.45, 2.75) is 0 Å². The van der Waals surface area contributed by atoms with E-state index in [0.717, 1.165) is 45.0 Å². The van der Waals surface area contributed by atoms with Gasteiger partial charge in [0.15, 0.2) is 0 Å². The summed E-state index contributed by atoms with van der Waals surface area (Å²) in [6.45, 7) is 0. The fraction of sp³-hybridized carbons (Fsp3) is 0. The lowest BCUT2D eigenvalue weighted by Crippen LogP contribution is -1.97. The van der Waals surface area contributed by atoms with Gasteiger partial charge in [-0.1, -0.05) is 170 Å². The molecule has 0 N–H and O–H groups in total. The van der Waals surface area contributed by atoms with Crippen LogP contribution in [0.4, 0.5) is 0 Å². The van der Waals surface area contributed by atoms with E-state index >= 15 is 0 Å². The van der Waals surface area contributed by atoms with Gasteiger partial charge in [-0.15, -0.1) is 0 Å². The molecular weight excluding hydrogens is 727 g/mol. The second kappa shape index (κ2) is 13.8. The van der Waals surface area contributed by atoms with Crippen molar-refractivity contribution >= 4 is 54.4 Å². The van der Waals surface area contributed by atoms with Gasteiger partial charge in [0.25, 0.3) is 0 Å². The Morgan fingerprint density at radius 3 is 1.70 bits per heavy atom. The molecule has 3 heteroatoms. The standard InChI is InChI=1S/C57H37N3/c1-3-16-40(17-4-1)46-21-9-12-24-52(46)60-54-26-14-11-23-49(54)56-55(60)34-33-48-47-22-10-13-25-53(47)59(57(48)56)45-31-29-39(30-32-45)44-36-50(41-18-5-2-6-19-41)58-51(37-44)43-28-27-38-15-7-8-20-42(38)35-43/h1-37H. The third-order valence-corrected chi connectivity index (χ3v) is 12.1. The molecule has 280 valence electrons. The molecule has 12 aromatic rings. The third kappa shape index (κ3) is 5.48. The third-order valence-electron chi connectivity index (χ3n) is 12.1. The molecule has 0 amide bonds. The highest BCUT2D eigenvalue weighted by atomic mass is 15.0. The van der Waals surface area contributed by atoms with Gasteiger partial charge in [0.05, 0.1) is 39.1 Å². The Balaban J connectivity index is 1.06. The minimum atomic E-state index is 0.954. The van der Waals surface area contributed by atoms with E-state index in [0.29, 0.717) is 0 Å². The van der Waals surface area contributed by atoms with Crippen molar-refractivity contribution in [1.29, 1.82) is 0 Å². The molecule has 3 heterocycles. The van der Waals surface area contributed by atoms with Crippen molar-refractivity contribution in [2.75, 3.05) is 0 Å². The molecule has 0 aliphatic heterocycles. The summed E-state index contributed by atoms with van der Waals surface area (Å²) in [6.07, 6.45) is 0. The number of hydrogen-bond donors (Lipinski definition) is 0. The lowest BCUT2D eigenvalue weighted by Gasteiger charge is -2.14. The Morgan fingerprint density at radius 1 is 0.317 bits per heavy atom. The predicted octanol–water partition coefficient (Wildman–Crippen LogP) is 15.1. The molecule has 0 atom stereocenters. The number of aromatic nitrogens is 3. The first kappa shape index (κ1) is 34.1. The van der Waals surface area contributed by atoms with Crippen molar-refractivity contribution < 1.29 is 0 Å². The van der Waals surface area contributed by atoms with Crippen LogP contribution in [0.15, 0.2) is 224 Å². The Hall–Kier alpha value is -8.01. The summed E-state index contributed by atoms with van der Waals surface area (Å²) in [6, 6.07) is 81.0. The minimum absolute atomic E-state index is 0.954. The second-order valence-electron chi connectivity index (χ2n) is 15.5. The molecule has 0 fully saturated rings. The molecule has 9 aromatic carbocycles. The predicted molar refractivity (Wildman–Crippen MR) is 252 cm³/mol. The van der Waals surface area contributed by atoms with Crippen LogP contribution in [0.25, 0.3) is 111 Å². The lowest BCUT2D eigenvalue weighted by atomic mass is 9.98. The largest absolute Gasteiger partial charge is 0.309 e. The van der Waals surface area contributed by atoms with Crippen LogP contribution in [0, 0.1) is 0 Å². The maximum Gasteiger partial charge on any atom is 0.0715 e. The van der Waals surface area contributed by atoms with E-state index in [9.17, 15) is 0 Å².